The normalized spacial score (nSPS) is 11.5. The number of halogens is 1. The Balaban J connectivity index is 3.56. The number of aromatic nitrogens is 1. The van der Waals surface area contributed by atoms with Crippen LogP contribution in [-0.4, -0.2) is 13.0 Å². The van der Waals surface area contributed by atoms with Crippen molar-refractivity contribution in [1.29, 1.82) is 0 Å². The van der Waals surface area contributed by atoms with E-state index < -0.39 is 14.6 Å². The molecule has 0 aromatic carbocycles. The lowest BCUT2D eigenvalue weighted by Gasteiger charge is -2.01. The van der Waals surface area contributed by atoms with Gasteiger partial charge in [0, 0.05) is 23.9 Å². The number of hydrogen-bond acceptors (Lipinski definition) is 4. The Morgan fingerprint density at radius 3 is 2.46 bits per heavy atom. The van der Waals surface area contributed by atoms with E-state index in [-0.39, 0.29) is 10.6 Å². The van der Waals surface area contributed by atoms with E-state index in [1.54, 1.807) is 0 Å². The van der Waals surface area contributed by atoms with Gasteiger partial charge in [0.15, 0.2) is 0 Å². The number of pyridine rings is 1. The van der Waals surface area contributed by atoms with E-state index in [2.05, 4.69) is 0 Å². The molecular weight excluding hydrogens is 216 g/mol. The second-order valence-electron chi connectivity index (χ2n) is 2.49. The Hall–Kier alpha value is -1.01. The van der Waals surface area contributed by atoms with Crippen molar-refractivity contribution in [1.82, 2.24) is 4.57 Å². The van der Waals surface area contributed by atoms with Gasteiger partial charge in [0.1, 0.15) is 4.90 Å². The third-order valence-corrected chi connectivity index (χ3v) is 2.79. The number of hydrogen-bond donors (Lipinski definition) is 1. The van der Waals surface area contributed by atoms with Gasteiger partial charge in [-0.2, -0.15) is 0 Å². The molecule has 0 bridgehead atoms. The second kappa shape index (κ2) is 3.04. The Morgan fingerprint density at radius 2 is 2.08 bits per heavy atom. The fraction of sp³-hybridized carbons (Fsp3) is 0.167. The van der Waals surface area contributed by atoms with Crippen molar-refractivity contribution in [2.24, 2.45) is 7.05 Å². The first-order valence-corrected chi connectivity index (χ1v) is 5.54. The number of nitrogens with zero attached hydrogens (tertiary/aromatic N) is 1. The van der Waals surface area contributed by atoms with Crippen LogP contribution in [0.5, 0.6) is 0 Å². The highest BCUT2D eigenvalue weighted by molar-refractivity contribution is 8.13. The average Bonchev–Trinajstić information content (AvgIpc) is 1.97. The molecule has 0 atom stereocenters. The second-order valence-corrected chi connectivity index (χ2v) is 5.05. The maximum atomic E-state index is 11.0. The van der Waals surface area contributed by atoms with Gasteiger partial charge in [-0.3, -0.25) is 4.79 Å². The first-order chi connectivity index (χ1) is 5.82. The summed E-state index contributed by atoms with van der Waals surface area (Å²) in [6.07, 6.45) is 1.11. The number of anilines is 1. The summed E-state index contributed by atoms with van der Waals surface area (Å²) in [5.41, 5.74) is 4.66. The molecule has 0 amide bonds. The average molecular weight is 223 g/mol. The van der Waals surface area contributed by atoms with Gasteiger partial charge >= 0.3 is 0 Å². The van der Waals surface area contributed by atoms with E-state index in [1.807, 2.05) is 0 Å². The molecule has 0 saturated heterocycles. The molecule has 72 valence electrons. The van der Waals surface area contributed by atoms with Crippen molar-refractivity contribution >= 4 is 25.4 Å². The quantitative estimate of drug-likeness (QED) is 0.673. The SMILES string of the molecule is Cn1cc(S(=O)(=O)Cl)cc(N)c1=O. The van der Waals surface area contributed by atoms with Crippen LogP contribution in [0.2, 0.25) is 0 Å². The summed E-state index contributed by atoms with van der Waals surface area (Å²) in [6, 6.07) is 1.03. The summed E-state index contributed by atoms with van der Waals surface area (Å²) >= 11 is 0. The molecule has 0 aliphatic rings. The van der Waals surface area contributed by atoms with E-state index in [0.29, 0.717) is 0 Å². The third kappa shape index (κ3) is 2.02. The van der Waals surface area contributed by atoms with Crippen molar-refractivity contribution in [3.63, 3.8) is 0 Å². The summed E-state index contributed by atoms with van der Waals surface area (Å²) in [5.74, 6) is 0. The van der Waals surface area contributed by atoms with Crippen LogP contribution >= 0.6 is 10.7 Å². The molecule has 5 nitrogen and oxygen atoms in total. The van der Waals surface area contributed by atoms with Crippen LogP contribution in [0, 0.1) is 0 Å². The minimum Gasteiger partial charge on any atom is -0.394 e. The van der Waals surface area contributed by atoms with Gasteiger partial charge in [0.25, 0.3) is 14.6 Å². The number of rotatable bonds is 1. The van der Waals surface area contributed by atoms with Crippen LogP contribution in [-0.2, 0) is 16.1 Å². The monoisotopic (exact) mass is 222 g/mol. The van der Waals surface area contributed by atoms with Gasteiger partial charge in [0.2, 0.25) is 0 Å². The van der Waals surface area contributed by atoms with E-state index in [4.69, 9.17) is 16.4 Å². The highest BCUT2D eigenvalue weighted by Crippen LogP contribution is 2.14. The Labute approximate surface area is 79.2 Å². The Kier molecular flexibility index (Phi) is 2.36. The highest BCUT2D eigenvalue weighted by atomic mass is 35.7. The molecule has 0 aliphatic carbocycles. The van der Waals surface area contributed by atoms with Gasteiger partial charge < -0.3 is 10.3 Å². The zero-order chi connectivity index (χ0) is 10.2. The van der Waals surface area contributed by atoms with Gasteiger partial charge in [-0.15, -0.1) is 0 Å². The van der Waals surface area contributed by atoms with Crippen molar-refractivity contribution in [2.75, 3.05) is 5.73 Å². The zero-order valence-electron chi connectivity index (χ0n) is 6.69. The fourth-order valence-electron chi connectivity index (χ4n) is 0.839. The molecule has 0 unspecified atom stereocenters. The van der Waals surface area contributed by atoms with E-state index >= 15 is 0 Å². The summed E-state index contributed by atoms with van der Waals surface area (Å²) in [6.45, 7) is 0. The lowest BCUT2D eigenvalue weighted by Crippen LogP contribution is -2.20. The Morgan fingerprint density at radius 1 is 1.54 bits per heavy atom. The summed E-state index contributed by atoms with van der Waals surface area (Å²) in [4.78, 5) is 10.9. The van der Waals surface area contributed by atoms with Crippen LogP contribution in [0.25, 0.3) is 0 Å². The minimum atomic E-state index is -3.83. The predicted octanol–water partition coefficient (Wildman–Crippen LogP) is -0.105. The van der Waals surface area contributed by atoms with Gasteiger partial charge in [-0.25, -0.2) is 8.42 Å². The fourth-order valence-corrected chi connectivity index (χ4v) is 1.64. The zero-order valence-corrected chi connectivity index (χ0v) is 8.26. The molecule has 1 aromatic rings. The summed E-state index contributed by atoms with van der Waals surface area (Å²) in [7, 11) is 2.62. The molecule has 1 heterocycles. The van der Waals surface area contributed by atoms with Crippen LogP contribution in [0.4, 0.5) is 5.69 Å². The smallest absolute Gasteiger partial charge is 0.273 e. The van der Waals surface area contributed by atoms with Crippen LogP contribution in [0.3, 0.4) is 0 Å². The summed E-state index contributed by atoms with van der Waals surface area (Å²) in [5, 5.41) is 0. The van der Waals surface area contributed by atoms with Gasteiger partial charge in [-0.05, 0) is 6.07 Å². The molecular formula is C6H7ClN2O3S. The first kappa shape index (κ1) is 10.1. The molecule has 1 rings (SSSR count). The molecule has 0 saturated carbocycles. The maximum Gasteiger partial charge on any atom is 0.273 e. The van der Waals surface area contributed by atoms with Crippen molar-refractivity contribution in [3.8, 4) is 0 Å². The molecule has 2 N–H and O–H groups in total. The molecule has 7 heteroatoms. The van der Waals surface area contributed by atoms with E-state index in [0.717, 1.165) is 16.8 Å². The van der Waals surface area contributed by atoms with Crippen LogP contribution < -0.4 is 11.3 Å². The van der Waals surface area contributed by atoms with Gasteiger partial charge in [-0.1, -0.05) is 0 Å². The number of nitrogen functional groups attached to an aromatic ring is 1. The topological polar surface area (TPSA) is 82.2 Å². The lowest BCUT2D eigenvalue weighted by molar-refractivity contribution is 0.608. The number of nitrogens with two attached hydrogens (primary N) is 1. The molecule has 0 aliphatic heterocycles. The Bertz CT molecular complexity index is 465. The highest BCUT2D eigenvalue weighted by Gasteiger charge is 2.12. The van der Waals surface area contributed by atoms with Crippen LogP contribution in [0.1, 0.15) is 0 Å². The van der Waals surface area contributed by atoms with E-state index in [1.165, 1.54) is 7.05 Å². The van der Waals surface area contributed by atoms with Crippen LogP contribution in [0.15, 0.2) is 22.0 Å². The first-order valence-electron chi connectivity index (χ1n) is 3.23. The summed E-state index contributed by atoms with van der Waals surface area (Å²) < 4.78 is 22.7. The maximum absolute atomic E-state index is 11.0. The molecule has 13 heavy (non-hydrogen) atoms. The van der Waals surface area contributed by atoms with Crippen molar-refractivity contribution < 1.29 is 8.42 Å². The van der Waals surface area contributed by atoms with Gasteiger partial charge in [0.05, 0.1) is 5.69 Å². The molecule has 0 radical (unpaired) electrons. The van der Waals surface area contributed by atoms with Crippen molar-refractivity contribution in [2.45, 2.75) is 4.90 Å². The largest absolute Gasteiger partial charge is 0.394 e. The van der Waals surface area contributed by atoms with Crippen molar-refractivity contribution in [3.05, 3.63) is 22.6 Å². The third-order valence-electron chi connectivity index (χ3n) is 1.47. The minimum absolute atomic E-state index is 0.149. The van der Waals surface area contributed by atoms with E-state index in [9.17, 15) is 13.2 Å². The predicted molar refractivity (Wildman–Crippen MR) is 49.1 cm³/mol. The molecule has 0 spiro atoms. The molecule has 0 fully saturated rings. The lowest BCUT2D eigenvalue weighted by atomic mass is 10.4. The number of aryl methyl sites for hydroxylation is 1. The standard InChI is InChI=1S/C6H7ClN2O3S/c1-9-3-4(13(7,11)12)2-5(8)6(9)10/h2-3H,8H2,1H3. The molecule has 1 aromatic heterocycles.